The minimum atomic E-state index is -0.944. The first-order chi connectivity index (χ1) is 12.6. The molecule has 0 spiro atoms. The molecule has 1 atom stereocenters. The molecular weight excluding hydrogens is 328 g/mol. The lowest BCUT2D eigenvalue weighted by Gasteiger charge is -2.24. The summed E-state index contributed by atoms with van der Waals surface area (Å²) < 4.78 is 0. The van der Waals surface area contributed by atoms with E-state index in [0.717, 1.165) is 37.1 Å². The molecule has 2 N–H and O–H groups in total. The molecular formula is C21H24N2O3. The normalized spacial score (nSPS) is 15.0. The third-order valence-corrected chi connectivity index (χ3v) is 4.73. The first-order valence-corrected chi connectivity index (χ1v) is 9.02. The van der Waals surface area contributed by atoms with Gasteiger partial charge < -0.3 is 15.3 Å². The van der Waals surface area contributed by atoms with Crippen LogP contribution in [-0.2, 0) is 17.8 Å². The molecule has 5 heteroatoms. The van der Waals surface area contributed by atoms with Gasteiger partial charge in [0.25, 0.3) is 0 Å². The number of nitrogens with zero attached hydrogens (tertiary/aromatic N) is 1. The largest absolute Gasteiger partial charge is 0.478 e. The van der Waals surface area contributed by atoms with Crippen molar-refractivity contribution in [2.24, 2.45) is 0 Å². The van der Waals surface area contributed by atoms with Crippen LogP contribution in [0.25, 0.3) is 0 Å². The molecule has 5 nitrogen and oxygen atoms in total. The van der Waals surface area contributed by atoms with Crippen molar-refractivity contribution in [2.75, 3.05) is 13.1 Å². The van der Waals surface area contributed by atoms with Crippen LogP contribution in [0.1, 0.15) is 34.3 Å². The lowest BCUT2D eigenvalue weighted by Crippen LogP contribution is -2.46. The molecule has 1 fully saturated rings. The molecule has 0 bridgehead atoms. The number of nitrogens with one attached hydrogen (secondary N) is 1. The first kappa shape index (κ1) is 18.1. The summed E-state index contributed by atoms with van der Waals surface area (Å²) in [5.74, 6) is -0.818. The van der Waals surface area contributed by atoms with Gasteiger partial charge in [-0.3, -0.25) is 4.79 Å². The van der Waals surface area contributed by atoms with E-state index < -0.39 is 5.97 Å². The van der Waals surface area contributed by atoms with Crippen LogP contribution in [0.5, 0.6) is 0 Å². The Balaban J connectivity index is 1.71. The van der Waals surface area contributed by atoms with Gasteiger partial charge in [-0.2, -0.15) is 0 Å². The maximum Gasteiger partial charge on any atom is 0.335 e. The second-order valence-electron chi connectivity index (χ2n) is 6.66. The van der Waals surface area contributed by atoms with Gasteiger partial charge in [0.2, 0.25) is 5.91 Å². The Labute approximate surface area is 153 Å². The van der Waals surface area contributed by atoms with E-state index in [4.69, 9.17) is 5.11 Å². The molecule has 1 saturated heterocycles. The fourth-order valence-corrected chi connectivity index (χ4v) is 3.31. The molecule has 1 heterocycles. The van der Waals surface area contributed by atoms with Gasteiger partial charge in [-0.25, -0.2) is 4.79 Å². The smallest absolute Gasteiger partial charge is 0.335 e. The predicted molar refractivity (Wildman–Crippen MR) is 100.0 cm³/mol. The molecule has 3 rings (SSSR count). The Morgan fingerprint density at radius 1 is 1.00 bits per heavy atom. The number of hydrogen-bond acceptors (Lipinski definition) is 3. The molecule has 26 heavy (non-hydrogen) atoms. The second-order valence-corrected chi connectivity index (χ2v) is 6.66. The van der Waals surface area contributed by atoms with Crippen molar-refractivity contribution in [1.29, 1.82) is 0 Å². The number of carboxylic acids is 1. The van der Waals surface area contributed by atoms with E-state index in [1.807, 2.05) is 41.3 Å². The number of carbonyl (C=O) groups excluding carboxylic acids is 1. The van der Waals surface area contributed by atoms with Gasteiger partial charge in [0.05, 0.1) is 11.6 Å². The van der Waals surface area contributed by atoms with Gasteiger partial charge in [-0.1, -0.05) is 42.5 Å². The van der Waals surface area contributed by atoms with Crippen LogP contribution in [0.15, 0.2) is 54.6 Å². The summed E-state index contributed by atoms with van der Waals surface area (Å²) in [5.41, 5.74) is 2.23. The summed E-state index contributed by atoms with van der Waals surface area (Å²) in [4.78, 5) is 26.0. The summed E-state index contributed by atoms with van der Waals surface area (Å²) in [6, 6.07) is 16.5. The summed E-state index contributed by atoms with van der Waals surface area (Å²) in [6.45, 7) is 2.10. The number of benzene rings is 2. The van der Waals surface area contributed by atoms with E-state index >= 15 is 0 Å². The number of amides is 1. The topological polar surface area (TPSA) is 69.6 Å². The van der Waals surface area contributed by atoms with Crippen molar-refractivity contribution in [1.82, 2.24) is 10.2 Å². The Hall–Kier alpha value is -2.66. The van der Waals surface area contributed by atoms with Crippen LogP contribution in [0.3, 0.4) is 0 Å². The third-order valence-electron chi connectivity index (χ3n) is 4.73. The zero-order valence-electron chi connectivity index (χ0n) is 14.7. The molecule has 0 aromatic heterocycles. The zero-order chi connectivity index (χ0) is 18.4. The maximum atomic E-state index is 12.9. The van der Waals surface area contributed by atoms with Crippen molar-refractivity contribution in [2.45, 2.75) is 31.8 Å². The Morgan fingerprint density at radius 3 is 2.38 bits per heavy atom. The van der Waals surface area contributed by atoms with Crippen LogP contribution in [0.2, 0.25) is 0 Å². The minimum absolute atomic E-state index is 0.126. The van der Waals surface area contributed by atoms with Crippen LogP contribution in [-0.4, -0.2) is 41.0 Å². The molecule has 2 aromatic rings. The van der Waals surface area contributed by atoms with E-state index in [9.17, 15) is 9.59 Å². The molecule has 1 aliphatic rings. The van der Waals surface area contributed by atoms with E-state index in [2.05, 4.69) is 5.32 Å². The number of carboxylic acid groups (broad SMARTS) is 1. The van der Waals surface area contributed by atoms with Crippen LogP contribution < -0.4 is 5.32 Å². The van der Waals surface area contributed by atoms with E-state index in [1.54, 1.807) is 18.2 Å². The van der Waals surface area contributed by atoms with E-state index in [1.165, 1.54) is 0 Å². The summed E-state index contributed by atoms with van der Waals surface area (Å²) >= 11 is 0. The summed E-state index contributed by atoms with van der Waals surface area (Å²) in [6.07, 6.45) is 2.74. The maximum absolute atomic E-state index is 12.9. The van der Waals surface area contributed by atoms with Gasteiger partial charge in [0, 0.05) is 19.6 Å². The van der Waals surface area contributed by atoms with E-state index in [0.29, 0.717) is 13.0 Å². The van der Waals surface area contributed by atoms with Crippen LogP contribution in [0, 0.1) is 0 Å². The van der Waals surface area contributed by atoms with Gasteiger partial charge in [0.1, 0.15) is 0 Å². The van der Waals surface area contributed by atoms with Crippen LogP contribution >= 0.6 is 0 Å². The molecule has 136 valence electrons. The SMILES string of the molecule is O=C(O)c1cccc(CNC(Cc2ccccc2)C(=O)N2CCCC2)c1. The fourth-order valence-electron chi connectivity index (χ4n) is 3.31. The molecule has 0 saturated carbocycles. The second kappa shape index (κ2) is 8.63. The molecule has 1 aliphatic heterocycles. The van der Waals surface area contributed by atoms with Crippen molar-refractivity contribution in [3.8, 4) is 0 Å². The average Bonchev–Trinajstić information content (AvgIpc) is 3.20. The lowest BCUT2D eigenvalue weighted by molar-refractivity contribution is -0.132. The van der Waals surface area contributed by atoms with E-state index in [-0.39, 0.29) is 17.5 Å². The number of rotatable bonds is 7. The molecule has 1 unspecified atom stereocenters. The Bertz CT molecular complexity index is 755. The number of aromatic carboxylic acids is 1. The van der Waals surface area contributed by atoms with Crippen molar-refractivity contribution in [3.05, 3.63) is 71.3 Å². The predicted octanol–water partition coefficient (Wildman–Crippen LogP) is 2.71. The van der Waals surface area contributed by atoms with Gasteiger partial charge in [-0.15, -0.1) is 0 Å². The van der Waals surface area contributed by atoms with Crippen molar-refractivity contribution in [3.63, 3.8) is 0 Å². The number of hydrogen-bond donors (Lipinski definition) is 2. The third kappa shape index (κ3) is 4.70. The molecule has 0 radical (unpaired) electrons. The first-order valence-electron chi connectivity index (χ1n) is 9.02. The lowest BCUT2D eigenvalue weighted by atomic mass is 10.0. The highest BCUT2D eigenvalue weighted by atomic mass is 16.4. The number of likely N-dealkylation sites (tertiary alicyclic amines) is 1. The molecule has 2 aromatic carbocycles. The Morgan fingerprint density at radius 2 is 1.69 bits per heavy atom. The van der Waals surface area contributed by atoms with Crippen molar-refractivity contribution >= 4 is 11.9 Å². The minimum Gasteiger partial charge on any atom is -0.478 e. The standard InChI is InChI=1S/C21H24N2O3/c24-20(23-11-4-5-12-23)19(14-16-7-2-1-3-8-16)22-15-17-9-6-10-18(13-17)21(25)26/h1-3,6-10,13,19,22H,4-5,11-12,14-15H2,(H,25,26). The number of carbonyl (C=O) groups is 2. The van der Waals surface area contributed by atoms with Crippen molar-refractivity contribution < 1.29 is 14.7 Å². The van der Waals surface area contributed by atoms with Crippen LogP contribution in [0.4, 0.5) is 0 Å². The quantitative estimate of drug-likeness (QED) is 0.804. The van der Waals surface area contributed by atoms with Gasteiger partial charge in [-0.05, 0) is 42.5 Å². The Kier molecular flexibility index (Phi) is 6.02. The monoisotopic (exact) mass is 352 g/mol. The summed E-state index contributed by atoms with van der Waals surface area (Å²) in [7, 11) is 0. The average molecular weight is 352 g/mol. The fraction of sp³-hybridized carbons (Fsp3) is 0.333. The molecule has 0 aliphatic carbocycles. The highest BCUT2D eigenvalue weighted by Gasteiger charge is 2.26. The highest BCUT2D eigenvalue weighted by Crippen LogP contribution is 2.13. The molecule has 1 amide bonds. The highest BCUT2D eigenvalue weighted by molar-refractivity contribution is 5.87. The summed E-state index contributed by atoms with van der Waals surface area (Å²) in [5, 5.41) is 12.5. The van der Waals surface area contributed by atoms with Gasteiger partial charge >= 0.3 is 5.97 Å². The zero-order valence-corrected chi connectivity index (χ0v) is 14.7. The van der Waals surface area contributed by atoms with Gasteiger partial charge in [0.15, 0.2) is 0 Å².